The number of nitrogens with two attached hydrogens (primary N) is 1. The molecule has 0 bridgehead atoms. The molecule has 3 N–H and O–H groups in total. The van der Waals surface area contributed by atoms with E-state index in [2.05, 4.69) is 16.8 Å². The van der Waals surface area contributed by atoms with Crippen molar-refractivity contribution in [2.75, 3.05) is 0 Å². The van der Waals surface area contributed by atoms with E-state index in [1.165, 1.54) is 0 Å². The van der Waals surface area contributed by atoms with Crippen LogP contribution in [0.3, 0.4) is 0 Å². The summed E-state index contributed by atoms with van der Waals surface area (Å²) >= 11 is 0. The van der Waals surface area contributed by atoms with Gasteiger partial charge in [0.05, 0.1) is 5.70 Å². The van der Waals surface area contributed by atoms with Gasteiger partial charge in [-0.1, -0.05) is 12.6 Å². The zero-order valence-electron chi connectivity index (χ0n) is 11.9. The molecule has 0 aliphatic carbocycles. The molecule has 20 heavy (non-hydrogen) atoms. The molecular formula is C15H18N4O. The van der Waals surface area contributed by atoms with Gasteiger partial charge in [-0.3, -0.25) is 4.90 Å². The van der Waals surface area contributed by atoms with E-state index >= 15 is 0 Å². The number of hydrogen-bond donors (Lipinski definition) is 2. The summed E-state index contributed by atoms with van der Waals surface area (Å²) in [6.45, 7) is 9.56. The number of aromatic hydroxyl groups is 1. The van der Waals surface area contributed by atoms with E-state index in [-0.39, 0.29) is 11.7 Å². The minimum absolute atomic E-state index is 0.169. The monoisotopic (exact) mass is 270 g/mol. The summed E-state index contributed by atoms with van der Waals surface area (Å²) in [5, 5.41) is 18.2. The highest BCUT2D eigenvalue weighted by molar-refractivity contribution is 6.17. The second kappa shape index (κ2) is 5.21. The van der Waals surface area contributed by atoms with Gasteiger partial charge in [-0.15, -0.1) is 10.2 Å². The van der Waals surface area contributed by atoms with Crippen molar-refractivity contribution in [3.63, 3.8) is 0 Å². The Balaban J connectivity index is 2.65. The quantitative estimate of drug-likeness (QED) is 0.867. The number of guanidine groups is 1. The molecule has 1 heterocycles. The number of phenolic OH excluding ortho intramolecular Hbond substituents is 1. The molecule has 0 radical (unpaired) electrons. The van der Waals surface area contributed by atoms with Crippen LogP contribution in [0.2, 0.25) is 0 Å². The van der Waals surface area contributed by atoms with E-state index in [1.807, 2.05) is 32.9 Å². The van der Waals surface area contributed by atoms with Gasteiger partial charge in [-0.2, -0.15) is 0 Å². The van der Waals surface area contributed by atoms with Crippen molar-refractivity contribution < 1.29 is 5.11 Å². The second-order valence-corrected chi connectivity index (χ2v) is 4.83. The molecule has 0 saturated heterocycles. The molecule has 0 atom stereocenters. The number of aryl methyl sites for hydroxylation is 1. The molecule has 1 aromatic rings. The van der Waals surface area contributed by atoms with Gasteiger partial charge in [0, 0.05) is 11.8 Å². The van der Waals surface area contributed by atoms with Gasteiger partial charge < -0.3 is 10.8 Å². The first kappa shape index (κ1) is 13.9. The van der Waals surface area contributed by atoms with Crippen molar-refractivity contribution in [2.45, 2.75) is 20.8 Å². The highest BCUT2D eigenvalue weighted by Gasteiger charge is 2.25. The first-order valence-corrected chi connectivity index (χ1v) is 6.26. The molecule has 1 aromatic carbocycles. The van der Waals surface area contributed by atoms with Crippen LogP contribution in [-0.2, 0) is 0 Å². The van der Waals surface area contributed by atoms with Crippen LogP contribution in [0.1, 0.15) is 25.0 Å². The number of rotatable bonds is 2. The average Bonchev–Trinajstić information content (AvgIpc) is 2.38. The van der Waals surface area contributed by atoms with Crippen molar-refractivity contribution in [3.05, 3.63) is 53.4 Å². The molecule has 0 aromatic heterocycles. The molecule has 0 spiro atoms. The number of hydrogen-bond acceptors (Lipinski definition) is 5. The van der Waals surface area contributed by atoms with E-state index < -0.39 is 0 Å². The summed E-state index contributed by atoms with van der Waals surface area (Å²) in [5.74, 6) is 0.425. The fourth-order valence-electron chi connectivity index (χ4n) is 2.11. The van der Waals surface area contributed by atoms with E-state index in [0.717, 1.165) is 16.8 Å². The number of benzene rings is 1. The minimum Gasteiger partial charge on any atom is -0.507 e. The molecule has 0 saturated carbocycles. The maximum absolute atomic E-state index is 10.1. The Kier molecular flexibility index (Phi) is 3.61. The van der Waals surface area contributed by atoms with Crippen molar-refractivity contribution in [1.29, 1.82) is 0 Å². The molecule has 0 fully saturated rings. The van der Waals surface area contributed by atoms with Crippen LogP contribution in [0.15, 0.2) is 52.5 Å². The predicted molar refractivity (Wildman–Crippen MR) is 81.4 cm³/mol. The molecule has 1 aliphatic rings. The molecule has 1 aliphatic heterocycles. The lowest BCUT2D eigenvalue weighted by Crippen LogP contribution is -2.38. The Morgan fingerprint density at radius 1 is 1.35 bits per heavy atom. The summed E-state index contributed by atoms with van der Waals surface area (Å²) in [4.78, 5) is 1.66. The third kappa shape index (κ3) is 2.30. The van der Waals surface area contributed by atoms with Crippen LogP contribution in [0.4, 0.5) is 0 Å². The van der Waals surface area contributed by atoms with Gasteiger partial charge >= 0.3 is 0 Å². The summed E-state index contributed by atoms with van der Waals surface area (Å²) < 4.78 is 0. The summed E-state index contributed by atoms with van der Waals surface area (Å²) in [7, 11) is 0. The number of nitrogens with zero attached hydrogens (tertiary/aromatic N) is 3. The standard InChI is InChI=1S/C15H18N4O/c1-5-19-14(9(2)3)13(17-18-15(19)16)11-7-6-10(4)8-12(11)20/h5-8,20H,1H2,2-4H3,(H2,16,18). The van der Waals surface area contributed by atoms with Crippen LogP contribution >= 0.6 is 0 Å². The van der Waals surface area contributed by atoms with Gasteiger partial charge in [0.2, 0.25) is 5.96 Å². The average molecular weight is 270 g/mol. The Bertz CT molecular complexity index is 652. The largest absolute Gasteiger partial charge is 0.507 e. The number of phenols is 1. The van der Waals surface area contributed by atoms with Crippen molar-refractivity contribution in [2.24, 2.45) is 15.9 Å². The zero-order chi connectivity index (χ0) is 14.9. The first-order chi connectivity index (χ1) is 9.45. The minimum atomic E-state index is 0.169. The molecule has 0 amide bonds. The molecule has 0 unspecified atom stereocenters. The van der Waals surface area contributed by atoms with Crippen LogP contribution in [0.5, 0.6) is 5.75 Å². The molecule has 5 heteroatoms. The second-order valence-electron chi connectivity index (χ2n) is 4.83. The SMILES string of the molecule is C=CN1C(N)=NN=C(c2ccc(C)cc2O)C1=C(C)C. The maximum atomic E-state index is 10.1. The number of allylic oxidation sites excluding steroid dienone is 2. The highest BCUT2D eigenvalue weighted by atomic mass is 16.3. The fourth-order valence-corrected chi connectivity index (χ4v) is 2.11. The van der Waals surface area contributed by atoms with Crippen LogP contribution in [-0.4, -0.2) is 21.7 Å². The van der Waals surface area contributed by atoms with E-state index in [1.54, 1.807) is 17.2 Å². The Labute approximate surface area is 118 Å². The van der Waals surface area contributed by atoms with E-state index in [9.17, 15) is 5.11 Å². The Morgan fingerprint density at radius 3 is 2.60 bits per heavy atom. The summed E-state index contributed by atoms with van der Waals surface area (Å²) in [6, 6.07) is 5.44. The van der Waals surface area contributed by atoms with Crippen molar-refractivity contribution >= 4 is 11.7 Å². The lowest BCUT2D eigenvalue weighted by molar-refractivity contribution is 0.473. The third-order valence-electron chi connectivity index (χ3n) is 3.03. The van der Waals surface area contributed by atoms with Crippen LogP contribution in [0, 0.1) is 6.92 Å². The normalized spacial score (nSPS) is 14.8. The zero-order valence-corrected chi connectivity index (χ0v) is 11.9. The van der Waals surface area contributed by atoms with Gasteiger partial charge in [-0.25, -0.2) is 0 Å². The summed E-state index contributed by atoms with van der Waals surface area (Å²) in [6.07, 6.45) is 1.58. The van der Waals surface area contributed by atoms with E-state index in [4.69, 9.17) is 5.73 Å². The lowest BCUT2D eigenvalue weighted by Gasteiger charge is -2.27. The van der Waals surface area contributed by atoms with Gasteiger partial charge in [0.1, 0.15) is 11.5 Å². The Morgan fingerprint density at radius 2 is 2.05 bits per heavy atom. The van der Waals surface area contributed by atoms with Crippen LogP contribution < -0.4 is 5.73 Å². The third-order valence-corrected chi connectivity index (χ3v) is 3.03. The van der Waals surface area contributed by atoms with E-state index in [0.29, 0.717) is 11.3 Å². The molecule has 104 valence electrons. The summed E-state index contributed by atoms with van der Waals surface area (Å²) in [5.41, 5.74) is 9.78. The van der Waals surface area contributed by atoms with Gasteiger partial charge in [0.25, 0.3) is 0 Å². The van der Waals surface area contributed by atoms with Gasteiger partial charge in [0.15, 0.2) is 0 Å². The molecular weight excluding hydrogens is 252 g/mol. The smallest absolute Gasteiger partial charge is 0.225 e. The van der Waals surface area contributed by atoms with Crippen molar-refractivity contribution in [1.82, 2.24) is 4.90 Å². The Hall–Kier alpha value is -2.56. The van der Waals surface area contributed by atoms with Gasteiger partial charge in [-0.05, 0) is 44.0 Å². The van der Waals surface area contributed by atoms with Crippen molar-refractivity contribution in [3.8, 4) is 5.75 Å². The lowest BCUT2D eigenvalue weighted by atomic mass is 10.0. The van der Waals surface area contributed by atoms with Crippen LogP contribution in [0.25, 0.3) is 0 Å². The maximum Gasteiger partial charge on any atom is 0.225 e. The first-order valence-electron chi connectivity index (χ1n) is 6.26. The topological polar surface area (TPSA) is 74.2 Å². The molecule has 2 rings (SSSR count). The predicted octanol–water partition coefficient (Wildman–Crippen LogP) is 2.47. The highest BCUT2D eigenvalue weighted by Crippen LogP contribution is 2.27. The molecule has 5 nitrogen and oxygen atoms in total. The fraction of sp³-hybridized carbons (Fsp3) is 0.200.